The zero-order valence-electron chi connectivity index (χ0n) is 30.2. The molecule has 0 aliphatic heterocycles. The summed E-state index contributed by atoms with van der Waals surface area (Å²) in [6, 6.07) is 6.86. The van der Waals surface area contributed by atoms with Gasteiger partial charge in [-0.2, -0.15) is 11.8 Å². The van der Waals surface area contributed by atoms with E-state index in [1.807, 2.05) is 83.1 Å². The average Bonchev–Trinajstić information content (AvgIpc) is 2.89. The molecular formula is C38H58O6S. The molecule has 4 N–H and O–H groups in total. The van der Waals surface area contributed by atoms with E-state index in [1.54, 1.807) is 38.1 Å². The Morgan fingerprint density at radius 1 is 0.533 bits per heavy atom. The number of Topliss-reactive ketones (excluding diaryl/α,β-unsaturated/α-hetero) is 2. The molecule has 0 radical (unpaired) electrons. The zero-order chi connectivity index (χ0) is 35.1. The highest BCUT2D eigenvalue weighted by Gasteiger charge is 2.43. The molecule has 0 aliphatic carbocycles. The van der Waals surface area contributed by atoms with Gasteiger partial charge in [0.1, 0.15) is 11.5 Å². The lowest BCUT2D eigenvalue weighted by atomic mass is 9.75. The van der Waals surface area contributed by atoms with Crippen LogP contribution in [-0.4, -0.2) is 43.5 Å². The van der Waals surface area contributed by atoms with Gasteiger partial charge in [-0.3, -0.25) is 9.59 Å². The standard InChI is InChI=1S/C38H58O6S/c1-15-29(39)37(43,23-17-25(33(3,4)5)31(41)26(18-23)34(6,7)8)21-45-22-38(44,30(40)16-2)24-19-27(35(9,10)11)32(42)28(20-24)36(12,13)14/h17-20,41-44H,15-16,21-22H2,1-14H3. The molecule has 0 amide bonds. The first-order valence-electron chi connectivity index (χ1n) is 16.0. The van der Waals surface area contributed by atoms with Gasteiger partial charge < -0.3 is 20.4 Å². The summed E-state index contributed by atoms with van der Waals surface area (Å²) in [5.74, 6) is -0.684. The highest BCUT2D eigenvalue weighted by molar-refractivity contribution is 7.99. The Labute approximate surface area is 276 Å². The molecule has 0 aromatic heterocycles. The van der Waals surface area contributed by atoms with E-state index in [9.17, 15) is 30.0 Å². The van der Waals surface area contributed by atoms with E-state index in [0.717, 1.165) is 11.8 Å². The van der Waals surface area contributed by atoms with Crippen LogP contribution in [0.25, 0.3) is 0 Å². The van der Waals surface area contributed by atoms with Crippen molar-refractivity contribution >= 4 is 23.3 Å². The van der Waals surface area contributed by atoms with E-state index < -0.39 is 32.9 Å². The Morgan fingerprint density at radius 2 is 0.756 bits per heavy atom. The first-order valence-corrected chi connectivity index (χ1v) is 17.2. The molecular weight excluding hydrogens is 584 g/mol. The molecule has 45 heavy (non-hydrogen) atoms. The van der Waals surface area contributed by atoms with Crippen LogP contribution in [0, 0.1) is 0 Å². The van der Waals surface area contributed by atoms with Crippen LogP contribution >= 0.6 is 11.8 Å². The summed E-state index contributed by atoms with van der Waals surface area (Å²) in [6.45, 7) is 27.1. The van der Waals surface area contributed by atoms with Crippen LogP contribution in [-0.2, 0) is 42.5 Å². The Hall–Kier alpha value is -2.35. The Morgan fingerprint density at radius 3 is 0.933 bits per heavy atom. The van der Waals surface area contributed by atoms with Crippen molar-refractivity contribution in [3.63, 3.8) is 0 Å². The van der Waals surface area contributed by atoms with Gasteiger partial charge in [0.25, 0.3) is 0 Å². The molecule has 0 saturated heterocycles. The topological polar surface area (TPSA) is 115 Å². The number of phenols is 2. The van der Waals surface area contributed by atoms with Crippen molar-refractivity contribution in [2.24, 2.45) is 0 Å². The Balaban J connectivity index is 2.74. The number of carbonyl (C=O) groups excluding carboxylic acids is 2. The first-order chi connectivity index (χ1) is 20.2. The van der Waals surface area contributed by atoms with Crippen molar-refractivity contribution < 1.29 is 30.0 Å². The summed E-state index contributed by atoms with van der Waals surface area (Å²) in [6.07, 6.45) is 0.154. The number of carbonyl (C=O) groups is 2. The fraction of sp³-hybridized carbons (Fsp3) is 0.632. The predicted octanol–water partition coefficient (Wildman–Crippen LogP) is 8.05. The van der Waals surface area contributed by atoms with Gasteiger partial charge in [0.2, 0.25) is 0 Å². The van der Waals surface area contributed by atoms with Gasteiger partial charge >= 0.3 is 0 Å². The minimum atomic E-state index is -1.93. The molecule has 2 rings (SSSR count). The molecule has 0 spiro atoms. The smallest absolute Gasteiger partial charge is 0.169 e. The van der Waals surface area contributed by atoms with Crippen molar-refractivity contribution in [2.45, 2.75) is 143 Å². The molecule has 2 unspecified atom stereocenters. The SMILES string of the molecule is CCC(=O)C(O)(CSCC(O)(C(=O)CC)c1cc(C(C)(C)C)c(O)c(C(C)(C)C)c1)c1cc(C(C)(C)C)c(O)c(C(C)(C)C)c1. The molecule has 0 heterocycles. The summed E-state index contributed by atoms with van der Waals surface area (Å²) in [4.78, 5) is 27.0. The number of rotatable bonds is 10. The molecule has 2 atom stereocenters. The van der Waals surface area contributed by atoms with Gasteiger partial charge in [-0.15, -0.1) is 0 Å². The lowest BCUT2D eigenvalue weighted by Crippen LogP contribution is -2.42. The highest BCUT2D eigenvalue weighted by atomic mass is 32.2. The lowest BCUT2D eigenvalue weighted by Gasteiger charge is -2.35. The van der Waals surface area contributed by atoms with Gasteiger partial charge in [0.15, 0.2) is 22.8 Å². The van der Waals surface area contributed by atoms with Crippen molar-refractivity contribution in [1.29, 1.82) is 0 Å². The molecule has 6 nitrogen and oxygen atoms in total. The minimum absolute atomic E-state index is 0.0770. The van der Waals surface area contributed by atoms with Crippen molar-refractivity contribution in [1.82, 2.24) is 0 Å². The molecule has 0 saturated carbocycles. The minimum Gasteiger partial charge on any atom is -0.507 e. The Bertz CT molecular complexity index is 1240. The number of benzene rings is 2. The van der Waals surface area contributed by atoms with E-state index in [4.69, 9.17) is 0 Å². The normalized spacial score (nSPS) is 15.8. The summed E-state index contributed by atoms with van der Waals surface area (Å²) < 4.78 is 0. The summed E-state index contributed by atoms with van der Waals surface area (Å²) in [5, 5.41) is 46.9. The molecule has 0 fully saturated rings. The molecule has 0 aliphatic rings. The third-order valence-corrected chi connectivity index (χ3v) is 9.84. The quantitative estimate of drug-likeness (QED) is 0.207. The van der Waals surface area contributed by atoms with Crippen molar-refractivity contribution in [3.8, 4) is 11.5 Å². The third-order valence-electron chi connectivity index (χ3n) is 8.59. The third kappa shape index (κ3) is 8.15. The largest absolute Gasteiger partial charge is 0.507 e. The maximum absolute atomic E-state index is 13.5. The van der Waals surface area contributed by atoms with E-state index in [-0.39, 0.29) is 47.4 Å². The molecule has 7 heteroatoms. The fourth-order valence-corrected chi connectivity index (χ4v) is 6.96. The number of hydrogen-bond donors (Lipinski definition) is 4. The molecule has 0 bridgehead atoms. The van der Waals surface area contributed by atoms with Crippen LogP contribution in [0.3, 0.4) is 0 Å². The number of aromatic hydroxyl groups is 2. The van der Waals surface area contributed by atoms with Gasteiger partial charge in [0, 0.05) is 24.3 Å². The van der Waals surface area contributed by atoms with Gasteiger partial charge in [-0.05, 0) is 79.3 Å². The number of hydrogen-bond acceptors (Lipinski definition) is 7. The monoisotopic (exact) mass is 642 g/mol. The highest BCUT2D eigenvalue weighted by Crippen LogP contribution is 2.45. The maximum atomic E-state index is 13.5. The van der Waals surface area contributed by atoms with Crippen LogP contribution in [0.4, 0.5) is 0 Å². The number of phenolic OH excluding ortho intramolecular Hbond substituents is 2. The number of aliphatic hydroxyl groups is 2. The zero-order valence-corrected chi connectivity index (χ0v) is 31.0. The van der Waals surface area contributed by atoms with Crippen LogP contribution < -0.4 is 0 Å². The Kier molecular flexibility index (Phi) is 11.3. The maximum Gasteiger partial charge on any atom is 0.169 e. The van der Waals surface area contributed by atoms with E-state index in [0.29, 0.717) is 33.4 Å². The number of thioether (sulfide) groups is 1. The summed E-state index contributed by atoms with van der Waals surface area (Å²) in [5.41, 5.74) is -2.44. The second kappa shape index (κ2) is 13.0. The van der Waals surface area contributed by atoms with Crippen LogP contribution in [0.5, 0.6) is 11.5 Å². The number of ketones is 2. The second-order valence-corrected chi connectivity index (χ2v) is 17.6. The molecule has 252 valence electrons. The average molecular weight is 643 g/mol. The second-order valence-electron chi connectivity index (χ2n) is 16.6. The first kappa shape index (κ1) is 38.8. The van der Waals surface area contributed by atoms with E-state index >= 15 is 0 Å². The van der Waals surface area contributed by atoms with E-state index in [1.165, 1.54) is 0 Å². The van der Waals surface area contributed by atoms with Crippen molar-refractivity contribution in [3.05, 3.63) is 57.6 Å². The molecule has 2 aromatic carbocycles. The fourth-order valence-electron chi connectivity index (χ4n) is 5.61. The van der Waals surface area contributed by atoms with Gasteiger partial charge in [-0.25, -0.2) is 0 Å². The molecule has 2 aromatic rings. The van der Waals surface area contributed by atoms with Crippen molar-refractivity contribution in [2.75, 3.05) is 11.5 Å². The predicted molar refractivity (Wildman–Crippen MR) is 187 cm³/mol. The van der Waals surface area contributed by atoms with Crippen LogP contribution in [0.15, 0.2) is 24.3 Å². The summed E-state index contributed by atoms with van der Waals surface area (Å²) >= 11 is 1.14. The van der Waals surface area contributed by atoms with Crippen LogP contribution in [0.2, 0.25) is 0 Å². The lowest BCUT2D eigenvalue weighted by molar-refractivity contribution is -0.135. The van der Waals surface area contributed by atoms with Gasteiger partial charge in [-0.1, -0.05) is 96.9 Å². The summed E-state index contributed by atoms with van der Waals surface area (Å²) in [7, 11) is 0. The van der Waals surface area contributed by atoms with Crippen LogP contribution in [0.1, 0.15) is 143 Å². The van der Waals surface area contributed by atoms with Gasteiger partial charge in [0.05, 0.1) is 0 Å². The van der Waals surface area contributed by atoms with E-state index in [2.05, 4.69) is 0 Å².